The van der Waals surface area contributed by atoms with Crippen LogP contribution in [0.5, 0.6) is 0 Å². The Bertz CT molecular complexity index is 1640. The first-order valence-electron chi connectivity index (χ1n) is 14.0. The van der Waals surface area contributed by atoms with Gasteiger partial charge in [-0.2, -0.15) is 0 Å². The topological polar surface area (TPSA) is 154 Å². The summed E-state index contributed by atoms with van der Waals surface area (Å²) in [6.45, 7) is 2.96. The van der Waals surface area contributed by atoms with Gasteiger partial charge in [0.2, 0.25) is 10.0 Å². The van der Waals surface area contributed by atoms with Crippen molar-refractivity contribution in [3.05, 3.63) is 95.4 Å². The van der Waals surface area contributed by atoms with E-state index in [2.05, 4.69) is 15.6 Å². The molecule has 0 saturated heterocycles. The van der Waals surface area contributed by atoms with Gasteiger partial charge in [0.25, 0.3) is 12.4 Å². The number of carbonyl (C=O) groups excluding carboxylic acids is 1. The summed E-state index contributed by atoms with van der Waals surface area (Å²) < 4.78 is 29.0. The predicted octanol–water partition coefficient (Wildman–Crippen LogP) is 2.57. The van der Waals surface area contributed by atoms with Crippen molar-refractivity contribution in [3.8, 4) is 0 Å². The maximum atomic E-state index is 13.7. The molecule has 11 nitrogen and oxygen atoms in total. The van der Waals surface area contributed by atoms with Gasteiger partial charge < -0.3 is 25.4 Å². The molecule has 4 aromatic rings. The molecule has 0 aliphatic carbocycles. The van der Waals surface area contributed by atoms with Crippen molar-refractivity contribution in [1.29, 1.82) is 0 Å². The molecule has 3 heterocycles. The molecule has 0 saturated carbocycles. The molecule has 1 aliphatic rings. The number of benzene rings is 2. The molecule has 1 amide bonds. The fourth-order valence-electron chi connectivity index (χ4n) is 5.23. The monoisotopic (exact) mass is 607 g/mol. The first-order valence-corrected chi connectivity index (χ1v) is 15.6. The first kappa shape index (κ1) is 31.7. The second-order valence-electron chi connectivity index (χ2n) is 10.3. The number of hydrogen-bond donors (Lipinski definition) is 4. The highest BCUT2D eigenvalue weighted by atomic mass is 32.2. The number of anilines is 1. The number of amides is 1. The molecule has 43 heavy (non-hydrogen) atoms. The lowest BCUT2D eigenvalue weighted by molar-refractivity contribution is -0.122. The molecular weight excluding hydrogens is 570 g/mol. The number of aliphatic hydroxyl groups is 1. The van der Waals surface area contributed by atoms with Gasteiger partial charge in [0, 0.05) is 56.2 Å². The van der Waals surface area contributed by atoms with Crippen LogP contribution in [0.4, 0.5) is 5.69 Å². The average Bonchev–Trinajstić information content (AvgIpc) is 3.34. The highest BCUT2D eigenvalue weighted by Gasteiger charge is 2.29. The fourth-order valence-corrected chi connectivity index (χ4v) is 6.37. The molecule has 0 radical (unpaired) electrons. The summed E-state index contributed by atoms with van der Waals surface area (Å²) in [5.41, 5.74) is 4.69. The fraction of sp³-hybridized carbons (Fsp3) is 0.323. The Hall–Kier alpha value is -4.26. The van der Waals surface area contributed by atoms with Crippen LogP contribution in [0, 0.1) is 0 Å². The van der Waals surface area contributed by atoms with E-state index in [4.69, 9.17) is 9.90 Å². The number of rotatable bonds is 10. The van der Waals surface area contributed by atoms with Gasteiger partial charge in [0.1, 0.15) is 0 Å². The molecule has 228 valence electrons. The number of nitrogens with zero attached hydrogens (tertiary/aromatic N) is 3. The van der Waals surface area contributed by atoms with E-state index < -0.39 is 22.2 Å². The summed E-state index contributed by atoms with van der Waals surface area (Å²) in [7, 11) is -1.99. The summed E-state index contributed by atoms with van der Waals surface area (Å²) in [5, 5.41) is 25.2. The van der Waals surface area contributed by atoms with Gasteiger partial charge in [0.15, 0.2) is 0 Å². The summed E-state index contributed by atoms with van der Waals surface area (Å²) in [6, 6.07) is 16.4. The Morgan fingerprint density at radius 2 is 1.86 bits per heavy atom. The highest BCUT2D eigenvalue weighted by molar-refractivity contribution is 7.92. The smallest absolute Gasteiger partial charge is 0.290 e. The lowest BCUT2D eigenvalue weighted by atomic mass is 9.99. The summed E-state index contributed by atoms with van der Waals surface area (Å²) in [4.78, 5) is 26.2. The van der Waals surface area contributed by atoms with Crippen molar-refractivity contribution in [2.45, 2.75) is 45.0 Å². The van der Waals surface area contributed by atoms with E-state index in [-0.39, 0.29) is 24.7 Å². The molecule has 2 aromatic heterocycles. The van der Waals surface area contributed by atoms with E-state index in [1.165, 1.54) is 11.4 Å². The number of aryl methyl sites for hydroxylation is 2. The van der Waals surface area contributed by atoms with Crippen molar-refractivity contribution in [2.24, 2.45) is 0 Å². The van der Waals surface area contributed by atoms with E-state index in [1.807, 2.05) is 66.2 Å². The van der Waals surface area contributed by atoms with Crippen LogP contribution in [-0.2, 0) is 40.7 Å². The van der Waals surface area contributed by atoms with Crippen LogP contribution in [0.25, 0.3) is 10.9 Å². The number of aromatic nitrogens is 2. The van der Waals surface area contributed by atoms with Crippen LogP contribution < -0.4 is 14.9 Å². The Balaban J connectivity index is 0.00000135. The third-order valence-corrected chi connectivity index (χ3v) is 9.24. The van der Waals surface area contributed by atoms with Crippen molar-refractivity contribution in [1.82, 2.24) is 20.2 Å². The van der Waals surface area contributed by atoms with Gasteiger partial charge in [0.05, 0.1) is 29.1 Å². The summed E-state index contributed by atoms with van der Waals surface area (Å²) >= 11 is 0. The van der Waals surface area contributed by atoms with Crippen LogP contribution in [0.3, 0.4) is 0 Å². The van der Waals surface area contributed by atoms with E-state index in [0.717, 1.165) is 34.0 Å². The number of nitrogens with one attached hydrogen (secondary N) is 2. The molecule has 5 rings (SSSR count). The second-order valence-corrected chi connectivity index (χ2v) is 12.4. The molecular formula is C31H37N5O6S. The standard InChI is InChI=1S/C30H35N5O4S.CH2O2/c1-3-23-20-35-12-13-40(38,39)34(2)27-16-24(15-25(23)29(27)35)30(37)33-26(14-21-8-5-4-6-9-21)28(36)19-32-18-22-10-7-11-31-17-22;2-1-3/h4-11,15-17,20,26,28,32,36H,3,12-14,18-19H2,1-2H3,(H,33,37);1H,(H,2,3)/t26-,28+;/m0./s1. The van der Waals surface area contributed by atoms with Crippen molar-refractivity contribution >= 4 is 39.0 Å². The SMILES string of the molecule is CCc1cn2c3c(cc(C(=O)N[C@@H](Cc4ccccc4)[C@H](O)CNCc4cccnc4)cc13)N(C)S(=O)(=O)CC2.O=CO. The van der Waals surface area contributed by atoms with Crippen LogP contribution in [0.2, 0.25) is 0 Å². The Kier molecular flexibility index (Phi) is 10.5. The lowest BCUT2D eigenvalue weighted by Crippen LogP contribution is -2.48. The van der Waals surface area contributed by atoms with Crippen LogP contribution in [0.15, 0.2) is 73.2 Å². The predicted molar refractivity (Wildman–Crippen MR) is 166 cm³/mol. The van der Waals surface area contributed by atoms with Crippen molar-refractivity contribution in [3.63, 3.8) is 0 Å². The van der Waals surface area contributed by atoms with E-state index in [9.17, 15) is 18.3 Å². The normalized spacial score (nSPS) is 15.1. The minimum atomic E-state index is -3.53. The quantitative estimate of drug-likeness (QED) is 0.201. The summed E-state index contributed by atoms with van der Waals surface area (Å²) in [6.07, 6.45) is 5.78. The zero-order valence-electron chi connectivity index (χ0n) is 24.2. The molecule has 2 atom stereocenters. The number of pyridine rings is 1. The molecule has 2 aromatic carbocycles. The van der Waals surface area contributed by atoms with E-state index >= 15 is 0 Å². The number of carbonyl (C=O) groups is 2. The molecule has 0 spiro atoms. The Labute approximate surface area is 251 Å². The van der Waals surface area contributed by atoms with Crippen LogP contribution in [-0.4, -0.2) is 72.1 Å². The minimum Gasteiger partial charge on any atom is -0.483 e. The number of sulfonamides is 1. The van der Waals surface area contributed by atoms with Crippen LogP contribution in [0.1, 0.15) is 34.0 Å². The first-order chi connectivity index (χ1) is 20.7. The van der Waals surface area contributed by atoms with Crippen molar-refractivity contribution < 1.29 is 28.2 Å². The number of hydrogen-bond acceptors (Lipinski definition) is 7. The van der Waals surface area contributed by atoms with Gasteiger partial charge in [-0.25, -0.2) is 8.42 Å². The van der Waals surface area contributed by atoms with Gasteiger partial charge in [-0.05, 0) is 47.7 Å². The molecule has 0 bridgehead atoms. The second kappa shape index (κ2) is 14.3. The summed E-state index contributed by atoms with van der Waals surface area (Å²) in [5.74, 6) is -0.375. The van der Waals surface area contributed by atoms with Crippen LogP contribution >= 0.6 is 0 Å². The minimum absolute atomic E-state index is 0.00989. The van der Waals surface area contributed by atoms with Gasteiger partial charge in [-0.15, -0.1) is 0 Å². The van der Waals surface area contributed by atoms with Gasteiger partial charge in [-0.1, -0.05) is 43.3 Å². The third-order valence-electron chi connectivity index (χ3n) is 7.51. The molecule has 1 aliphatic heterocycles. The van der Waals surface area contributed by atoms with E-state index in [1.54, 1.807) is 18.5 Å². The van der Waals surface area contributed by atoms with Crippen molar-refractivity contribution in [2.75, 3.05) is 23.7 Å². The third kappa shape index (κ3) is 7.58. The number of aliphatic hydroxyl groups excluding tert-OH is 1. The Morgan fingerprint density at radius 3 is 2.53 bits per heavy atom. The number of carboxylic acid groups (broad SMARTS) is 1. The largest absolute Gasteiger partial charge is 0.483 e. The maximum absolute atomic E-state index is 13.7. The lowest BCUT2D eigenvalue weighted by Gasteiger charge is -2.25. The molecule has 0 unspecified atom stereocenters. The molecule has 12 heteroatoms. The Morgan fingerprint density at radius 1 is 1.14 bits per heavy atom. The van der Waals surface area contributed by atoms with Gasteiger partial charge in [-0.3, -0.25) is 18.9 Å². The highest BCUT2D eigenvalue weighted by Crippen LogP contribution is 2.35. The maximum Gasteiger partial charge on any atom is 0.290 e. The average molecular weight is 608 g/mol. The molecule has 4 N–H and O–H groups in total. The van der Waals surface area contributed by atoms with Gasteiger partial charge >= 0.3 is 0 Å². The molecule has 0 fully saturated rings. The van der Waals surface area contributed by atoms with E-state index in [0.29, 0.717) is 30.8 Å². The zero-order valence-corrected chi connectivity index (χ0v) is 25.0. The zero-order chi connectivity index (χ0) is 31.0.